The van der Waals surface area contributed by atoms with Gasteiger partial charge < -0.3 is 10.1 Å². The molecule has 3 aromatic rings. The average Bonchev–Trinajstić information content (AvgIpc) is 3.04. The highest BCUT2D eigenvalue weighted by Crippen LogP contribution is 2.25. The van der Waals surface area contributed by atoms with Crippen molar-refractivity contribution in [3.05, 3.63) is 59.7 Å². The second-order valence-electron chi connectivity index (χ2n) is 4.85. The second-order valence-corrected chi connectivity index (χ2v) is 5.71. The van der Waals surface area contributed by atoms with E-state index in [0.717, 1.165) is 21.9 Å². The SMILES string of the molecule is COc1cccc(CC(=O)Nc2csc(-c3ccncc3)n2)c1. The average molecular weight is 325 g/mol. The van der Waals surface area contributed by atoms with Crippen LogP contribution in [0.1, 0.15) is 5.56 Å². The minimum Gasteiger partial charge on any atom is -0.497 e. The molecule has 116 valence electrons. The number of amides is 1. The molecule has 0 unspecified atom stereocenters. The predicted octanol–water partition coefficient (Wildman–Crippen LogP) is 3.39. The molecule has 0 bridgehead atoms. The van der Waals surface area contributed by atoms with E-state index < -0.39 is 0 Å². The number of hydrogen-bond acceptors (Lipinski definition) is 5. The van der Waals surface area contributed by atoms with Crippen molar-refractivity contribution in [1.82, 2.24) is 9.97 Å². The fourth-order valence-electron chi connectivity index (χ4n) is 2.11. The smallest absolute Gasteiger partial charge is 0.229 e. The van der Waals surface area contributed by atoms with Crippen molar-refractivity contribution in [2.75, 3.05) is 12.4 Å². The second kappa shape index (κ2) is 7.02. The predicted molar refractivity (Wildman–Crippen MR) is 90.7 cm³/mol. The van der Waals surface area contributed by atoms with Crippen molar-refractivity contribution in [2.24, 2.45) is 0 Å². The first-order valence-electron chi connectivity index (χ1n) is 7.03. The summed E-state index contributed by atoms with van der Waals surface area (Å²) in [6, 6.07) is 11.2. The Morgan fingerprint density at radius 3 is 2.87 bits per heavy atom. The lowest BCUT2D eigenvalue weighted by atomic mass is 10.1. The summed E-state index contributed by atoms with van der Waals surface area (Å²) in [6.45, 7) is 0. The molecule has 3 rings (SSSR count). The number of nitrogens with zero attached hydrogens (tertiary/aromatic N) is 2. The first-order valence-corrected chi connectivity index (χ1v) is 7.91. The van der Waals surface area contributed by atoms with Crippen molar-refractivity contribution in [1.29, 1.82) is 0 Å². The van der Waals surface area contributed by atoms with Crippen molar-refractivity contribution in [3.8, 4) is 16.3 Å². The number of carbonyl (C=O) groups excluding carboxylic acids is 1. The standard InChI is InChI=1S/C17H15N3O2S/c1-22-14-4-2-3-12(9-14)10-16(21)19-15-11-23-17(20-15)13-5-7-18-8-6-13/h2-9,11H,10H2,1H3,(H,19,21). The molecule has 0 aliphatic heterocycles. The molecule has 2 aromatic heterocycles. The van der Waals surface area contributed by atoms with Crippen molar-refractivity contribution in [3.63, 3.8) is 0 Å². The van der Waals surface area contributed by atoms with Gasteiger partial charge in [0.1, 0.15) is 16.6 Å². The number of thiazole rings is 1. The molecule has 0 fully saturated rings. The van der Waals surface area contributed by atoms with Crippen LogP contribution in [0.5, 0.6) is 5.75 Å². The maximum atomic E-state index is 12.1. The number of rotatable bonds is 5. The summed E-state index contributed by atoms with van der Waals surface area (Å²) >= 11 is 1.48. The minimum atomic E-state index is -0.107. The normalized spacial score (nSPS) is 10.3. The number of carbonyl (C=O) groups is 1. The molecule has 0 aliphatic rings. The summed E-state index contributed by atoms with van der Waals surface area (Å²) in [5.41, 5.74) is 1.88. The van der Waals surface area contributed by atoms with Crippen LogP contribution >= 0.6 is 11.3 Å². The van der Waals surface area contributed by atoms with E-state index in [2.05, 4.69) is 15.3 Å². The van der Waals surface area contributed by atoms with Gasteiger partial charge in [0.15, 0.2) is 0 Å². The van der Waals surface area contributed by atoms with E-state index in [-0.39, 0.29) is 12.3 Å². The monoisotopic (exact) mass is 325 g/mol. The number of benzene rings is 1. The maximum absolute atomic E-state index is 12.1. The van der Waals surface area contributed by atoms with Gasteiger partial charge in [0.25, 0.3) is 0 Å². The van der Waals surface area contributed by atoms with Crippen molar-refractivity contribution >= 4 is 23.1 Å². The van der Waals surface area contributed by atoms with Gasteiger partial charge in [-0.05, 0) is 29.8 Å². The van der Waals surface area contributed by atoms with Crippen LogP contribution < -0.4 is 10.1 Å². The molecule has 0 atom stereocenters. The van der Waals surface area contributed by atoms with Crippen LogP contribution in [0.3, 0.4) is 0 Å². The fraction of sp³-hybridized carbons (Fsp3) is 0.118. The zero-order valence-electron chi connectivity index (χ0n) is 12.5. The van der Waals surface area contributed by atoms with Crippen LogP contribution in [0.25, 0.3) is 10.6 Å². The van der Waals surface area contributed by atoms with E-state index >= 15 is 0 Å². The zero-order chi connectivity index (χ0) is 16.1. The summed E-state index contributed by atoms with van der Waals surface area (Å²) < 4.78 is 5.16. The first kappa shape index (κ1) is 15.2. The quantitative estimate of drug-likeness (QED) is 0.781. The molecule has 0 aliphatic carbocycles. The minimum absolute atomic E-state index is 0.107. The molecule has 2 heterocycles. The van der Waals surface area contributed by atoms with Crippen LogP contribution in [-0.4, -0.2) is 23.0 Å². The Morgan fingerprint density at radius 2 is 2.09 bits per heavy atom. The Hall–Kier alpha value is -2.73. The van der Waals surface area contributed by atoms with E-state index in [9.17, 15) is 4.79 Å². The van der Waals surface area contributed by atoms with Gasteiger partial charge in [0.2, 0.25) is 5.91 Å². The van der Waals surface area contributed by atoms with E-state index in [1.165, 1.54) is 11.3 Å². The third-order valence-electron chi connectivity index (χ3n) is 3.20. The summed E-state index contributed by atoms with van der Waals surface area (Å²) in [5.74, 6) is 1.20. The lowest BCUT2D eigenvalue weighted by Gasteiger charge is -2.04. The van der Waals surface area contributed by atoms with Gasteiger partial charge in [0.05, 0.1) is 13.5 Å². The molecule has 1 N–H and O–H groups in total. The van der Waals surface area contributed by atoms with Crippen molar-refractivity contribution < 1.29 is 9.53 Å². The lowest BCUT2D eigenvalue weighted by Crippen LogP contribution is -2.14. The zero-order valence-corrected chi connectivity index (χ0v) is 13.3. The first-order chi connectivity index (χ1) is 11.2. The molecule has 1 amide bonds. The van der Waals surface area contributed by atoms with Gasteiger partial charge in [-0.3, -0.25) is 9.78 Å². The van der Waals surface area contributed by atoms with Crippen LogP contribution in [-0.2, 0) is 11.2 Å². The molecule has 1 aromatic carbocycles. The number of hydrogen-bond donors (Lipinski definition) is 1. The summed E-state index contributed by atoms with van der Waals surface area (Å²) in [5, 5.41) is 5.51. The summed E-state index contributed by atoms with van der Waals surface area (Å²) in [7, 11) is 1.61. The Labute approximate surface area is 138 Å². The topological polar surface area (TPSA) is 64.1 Å². The van der Waals surface area contributed by atoms with Crippen LogP contribution in [0.15, 0.2) is 54.2 Å². The van der Waals surface area contributed by atoms with Crippen LogP contribution in [0.4, 0.5) is 5.82 Å². The van der Waals surface area contributed by atoms with Crippen LogP contribution in [0, 0.1) is 0 Å². The highest BCUT2D eigenvalue weighted by molar-refractivity contribution is 7.13. The molecule has 6 heteroatoms. The van der Waals surface area contributed by atoms with Gasteiger partial charge in [-0.15, -0.1) is 11.3 Å². The molecule has 0 saturated carbocycles. The number of pyridine rings is 1. The van der Waals surface area contributed by atoms with Gasteiger partial charge >= 0.3 is 0 Å². The summed E-state index contributed by atoms with van der Waals surface area (Å²) in [6.07, 6.45) is 3.72. The van der Waals surface area contributed by atoms with Gasteiger partial charge in [-0.1, -0.05) is 12.1 Å². The molecule has 0 radical (unpaired) electrons. The lowest BCUT2D eigenvalue weighted by molar-refractivity contribution is -0.115. The molecule has 23 heavy (non-hydrogen) atoms. The highest BCUT2D eigenvalue weighted by atomic mass is 32.1. The van der Waals surface area contributed by atoms with Gasteiger partial charge in [-0.2, -0.15) is 0 Å². The van der Waals surface area contributed by atoms with E-state index in [1.54, 1.807) is 19.5 Å². The Bertz CT molecular complexity index is 802. The summed E-state index contributed by atoms with van der Waals surface area (Å²) in [4.78, 5) is 20.5. The fourth-order valence-corrected chi connectivity index (χ4v) is 2.87. The molecular weight excluding hydrogens is 310 g/mol. The number of nitrogens with one attached hydrogen (secondary N) is 1. The molecule has 0 spiro atoms. The van der Waals surface area contributed by atoms with E-state index in [4.69, 9.17) is 4.74 Å². The molecular formula is C17H15N3O2S. The van der Waals surface area contributed by atoms with Crippen LogP contribution in [0.2, 0.25) is 0 Å². The maximum Gasteiger partial charge on any atom is 0.229 e. The number of ether oxygens (including phenoxy) is 1. The number of anilines is 1. The Balaban J connectivity index is 1.65. The highest BCUT2D eigenvalue weighted by Gasteiger charge is 2.09. The van der Waals surface area contributed by atoms with Gasteiger partial charge in [-0.25, -0.2) is 4.98 Å². The third-order valence-corrected chi connectivity index (χ3v) is 4.09. The van der Waals surface area contributed by atoms with E-state index in [1.807, 2.05) is 41.8 Å². The Morgan fingerprint density at radius 1 is 1.26 bits per heavy atom. The molecule has 0 saturated heterocycles. The van der Waals surface area contributed by atoms with E-state index in [0.29, 0.717) is 5.82 Å². The van der Waals surface area contributed by atoms with Crippen molar-refractivity contribution in [2.45, 2.75) is 6.42 Å². The number of aromatic nitrogens is 2. The molecule has 5 nitrogen and oxygen atoms in total. The van der Waals surface area contributed by atoms with Gasteiger partial charge in [0, 0.05) is 23.3 Å². The Kier molecular flexibility index (Phi) is 4.63. The number of methoxy groups -OCH3 is 1. The largest absolute Gasteiger partial charge is 0.497 e. The third kappa shape index (κ3) is 3.92.